The molecule has 0 bridgehead atoms. The maximum absolute atomic E-state index is 13.4. The molecule has 4 aliphatic carbocycles. The zero-order valence-corrected chi connectivity index (χ0v) is 16.8. The van der Waals surface area contributed by atoms with E-state index in [4.69, 9.17) is 0 Å². The van der Waals surface area contributed by atoms with Crippen LogP contribution in [0.5, 0.6) is 0 Å². The van der Waals surface area contributed by atoms with E-state index >= 15 is 0 Å². The number of hydrogen-bond donors (Lipinski definition) is 1. The summed E-state index contributed by atoms with van der Waals surface area (Å²) in [5, 5.41) is 10.3. The summed E-state index contributed by atoms with van der Waals surface area (Å²) in [5.41, 5.74) is -0.246. The van der Waals surface area contributed by atoms with Gasteiger partial charge in [0, 0.05) is 6.42 Å². The number of alkyl halides is 3. The smallest absolute Gasteiger partial charge is 0.380 e. The first-order chi connectivity index (χ1) is 12.4. The van der Waals surface area contributed by atoms with Crippen molar-refractivity contribution < 1.29 is 18.3 Å². The highest BCUT2D eigenvalue weighted by Gasteiger charge is 2.63. The van der Waals surface area contributed by atoms with Crippen LogP contribution in [0.3, 0.4) is 0 Å². The molecule has 4 aliphatic rings. The Balaban J connectivity index is 1.64. The van der Waals surface area contributed by atoms with Gasteiger partial charge in [0.05, 0.1) is 0 Å². The lowest BCUT2D eigenvalue weighted by atomic mass is 9.46. The molecular formula is C23H33F3O. The Labute approximate surface area is 161 Å². The highest BCUT2D eigenvalue weighted by atomic mass is 19.4. The summed E-state index contributed by atoms with van der Waals surface area (Å²) >= 11 is 0. The van der Waals surface area contributed by atoms with Gasteiger partial charge >= 0.3 is 6.18 Å². The van der Waals surface area contributed by atoms with Crippen LogP contribution in [0.15, 0.2) is 23.8 Å². The van der Waals surface area contributed by atoms with Crippen molar-refractivity contribution in [3.8, 4) is 0 Å². The monoisotopic (exact) mass is 382 g/mol. The summed E-state index contributed by atoms with van der Waals surface area (Å²) < 4.78 is 40.2. The highest BCUT2D eigenvalue weighted by Crippen LogP contribution is 2.68. The Hall–Kier alpha value is -0.770. The Morgan fingerprint density at radius 3 is 2.44 bits per heavy atom. The SMILES string of the molecule is C=C(C)[C@H]1CC[C@H]2[C@@H]3CC=C4C[C@@](O)(C(F)(F)F)CC[C@]4(C)[C@H]3CC[C@]12C. The molecule has 0 radical (unpaired) electrons. The minimum absolute atomic E-state index is 0.163. The zero-order chi connectivity index (χ0) is 19.8. The molecule has 3 fully saturated rings. The van der Waals surface area contributed by atoms with Crippen molar-refractivity contribution >= 4 is 0 Å². The van der Waals surface area contributed by atoms with Gasteiger partial charge in [0.25, 0.3) is 0 Å². The highest BCUT2D eigenvalue weighted by molar-refractivity contribution is 5.28. The van der Waals surface area contributed by atoms with Gasteiger partial charge in [-0.3, -0.25) is 0 Å². The standard InChI is InChI=1S/C23H33F3O/c1-14(2)17-7-8-18-16-6-5-15-13-22(27,23(24,25)26)12-11-20(15,3)19(16)9-10-21(17,18)4/h5,16-19,27H,1,6-13H2,2-4H3/t16-,17+,18-,19-,20-,21+,22+/m0/s1. The van der Waals surface area contributed by atoms with E-state index in [-0.39, 0.29) is 18.3 Å². The maximum atomic E-state index is 13.4. The van der Waals surface area contributed by atoms with Gasteiger partial charge in [-0.1, -0.05) is 37.6 Å². The molecule has 152 valence electrons. The predicted octanol–water partition coefficient (Wildman–Crippen LogP) is 6.43. The summed E-state index contributed by atoms with van der Waals surface area (Å²) in [4.78, 5) is 0. The van der Waals surface area contributed by atoms with E-state index in [0.29, 0.717) is 35.5 Å². The van der Waals surface area contributed by atoms with Gasteiger partial charge in [-0.2, -0.15) is 13.2 Å². The molecule has 0 saturated heterocycles. The average molecular weight is 383 g/mol. The van der Waals surface area contributed by atoms with Crippen LogP contribution in [0, 0.1) is 34.5 Å². The minimum Gasteiger partial charge on any atom is -0.380 e. The minimum atomic E-state index is -4.54. The topological polar surface area (TPSA) is 20.2 Å². The van der Waals surface area contributed by atoms with E-state index in [9.17, 15) is 18.3 Å². The van der Waals surface area contributed by atoms with Crippen LogP contribution in [0.4, 0.5) is 13.2 Å². The van der Waals surface area contributed by atoms with Crippen LogP contribution in [0.2, 0.25) is 0 Å². The fourth-order valence-corrected chi connectivity index (χ4v) is 7.70. The number of fused-ring (bicyclic) bond motifs is 5. The van der Waals surface area contributed by atoms with E-state index in [0.717, 1.165) is 24.8 Å². The number of allylic oxidation sites excluding steroid dienone is 2. The first kappa shape index (κ1) is 19.5. The number of rotatable bonds is 1. The average Bonchev–Trinajstić information content (AvgIpc) is 2.92. The third-order valence-corrected chi connectivity index (χ3v) is 9.29. The molecule has 0 spiro atoms. The van der Waals surface area contributed by atoms with E-state index < -0.39 is 11.8 Å². The molecule has 0 heterocycles. The Morgan fingerprint density at radius 1 is 1.11 bits per heavy atom. The molecule has 0 aromatic rings. The van der Waals surface area contributed by atoms with Crippen molar-refractivity contribution in [1.82, 2.24) is 0 Å². The summed E-state index contributed by atoms with van der Waals surface area (Å²) in [6.45, 7) is 11.0. The summed E-state index contributed by atoms with van der Waals surface area (Å²) in [6.07, 6.45) is 3.16. The van der Waals surface area contributed by atoms with Crippen LogP contribution in [0.25, 0.3) is 0 Å². The van der Waals surface area contributed by atoms with Crippen molar-refractivity contribution in [2.75, 3.05) is 0 Å². The van der Waals surface area contributed by atoms with Gasteiger partial charge in [-0.15, -0.1) is 0 Å². The lowest BCUT2D eigenvalue weighted by molar-refractivity contribution is -0.271. The van der Waals surface area contributed by atoms with Gasteiger partial charge in [-0.25, -0.2) is 0 Å². The van der Waals surface area contributed by atoms with Crippen molar-refractivity contribution in [2.24, 2.45) is 34.5 Å². The number of halogens is 3. The van der Waals surface area contributed by atoms with Crippen molar-refractivity contribution in [1.29, 1.82) is 0 Å². The van der Waals surface area contributed by atoms with Crippen LogP contribution in [-0.2, 0) is 0 Å². The Kier molecular flexibility index (Phi) is 4.25. The second-order valence-corrected chi connectivity index (χ2v) is 10.5. The summed E-state index contributed by atoms with van der Waals surface area (Å²) in [7, 11) is 0. The Bertz CT molecular complexity index is 680. The van der Waals surface area contributed by atoms with Crippen molar-refractivity contribution in [2.45, 2.75) is 83.9 Å². The molecule has 1 nitrogen and oxygen atoms in total. The molecule has 4 heteroatoms. The molecule has 0 amide bonds. The maximum Gasteiger partial charge on any atom is 0.417 e. The fraction of sp³-hybridized carbons (Fsp3) is 0.826. The number of aliphatic hydroxyl groups is 1. The quantitative estimate of drug-likeness (QED) is 0.518. The third kappa shape index (κ3) is 2.61. The number of hydrogen-bond acceptors (Lipinski definition) is 1. The molecular weight excluding hydrogens is 349 g/mol. The van der Waals surface area contributed by atoms with Crippen molar-refractivity contribution in [3.63, 3.8) is 0 Å². The molecule has 4 rings (SSSR count). The molecule has 0 aromatic carbocycles. The second-order valence-electron chi connectivity index (χ2n) is 10.5. The third-order valence-electron chi connectivity index (χ3n) is 9.29. The molecule has 1 N–H and O–H groups in total. The van der Waals surface area contributed by atoms with E-state index in [1.54, 1.807) is 0 Å². The summed E-state index contributed by atoms with van der Waals surface area (Å²) in [5.74, 6) is 2.26. The molecule has 3 saturated carbocycles. The van der Waals surface area contributed by atoms with Gasteiger partial charge in [-0.05, 0) is 86.4 Å². The van der Waals surface area contributed by atoms with E-state index in [1.807, 2.05) is 0 Å². The molecule has 27 heavy (non-hydrogen) atoms. The van der Waals surface area contributed by atoms with Crippen molar-refractivity contribution in [3.05, 3.63) is 23.8 Å². The molecule has 0 unspecified atom stereocenters. The van der Waals surface area contributed by atoms with Crippen LogP contribution in [-0.4, -0.2) is 16.9 Å². The van der Waals surface area contributed by atoms with E-state index in [2.05, 4.69) is 33.4 Å². The molecule has 0 aliphatic heterocycles. The lowest BCUT2D eigenvalue weighted by Gasteiger charge is -2.59. The van der Waals surface area contributed by atoms with Crippen LogP contribution < -0.4 is 0 Å². The van der Waals surface area contributed by atoms with E-state index in [1.165, 1.54) is 18.4 Å². The first-order valence-electron chi connectivity index (χ1n) is 10.6. The summed E-state index contributed by atoms with van der Waals surface area (Å²) in [6, 6.07) is 0. The van der Waals surface area contributed by atoms with Crippen LogP contribution in [0.1, 0.15) is 72.1 Å². The second kappa shape index (κ2) is 5.87. The lowest BCUT2D eigenvalue weighted by Crippen LogP contribution is -2.55. The van der Waals surface area contributed by atoms with Gasteiger partial charge < -0.3 is 5.11 Å². The van der Waals surface area contributed by atoms with Crippen LogP contribution >= 0.6 is 0 Å². The van der Waals surface area contributed by atoms with Gasteiger partial charge in [0.1, 0.15) is 0 Å². The Morgan fingerprint density at radius 2 is 1.81 bits per heavy atom. The zero-order valence-electron chi connectivity index (χ0n) is 16.8. The molecule has 7 atom stereocenters. The van der Waals surface area contributed by atoms with Gasteiger partial charge in [0.2, 0.25) is 0 Å². The normalized spacial score (nSPS) is 49.7. The van der Waals surface area contributed by atoms with Gasteiger partial charge in [0.15, 0.2) is 5.60 Å². The first-order valence-corrected chi connectivity index (χ1v) is 10.6. The molecule has 0 aromatic heterocycles. The largest absolute Gasteiger partial charge is 0.417 e. The predicted molar refractivity (Wildman–Crippen MR) is 101 cm³/mol. The fourth-order valence-electron chi connectivity index (χ4n) is 7.70.